The summed E-state index contributed by atoms with van der Waals surface area (Å²) in [7, 11) is 0. The summed E-state index contributed by atoms with van der Waals surface area (Å²) in [6.07, 6.45) is 1.83. The molecule has 5 heteroatoms. The molecule has 2 heterocycles. The first-order valence-corrected chi connectivity index (χ1v) is 9.64. The van der Waals surface area contributed by atoms with Gasteiger partial charge in [0, 0.05) is 28.1 Å². The van der Waals surface area contributed by atoms with E-state index in [4.69, 9.17) is 0 Å². The fraction of sp³-hybridized carbons (Fsp3) is 0.500. The summed E-state index contributed by atoms with van der Waals surface area (Å²) in [5.74, 6) is -0.0758. The number of carbonyl (C=O) groups excluding carboxylic acids is 1. The lowest BCUT2D eigenvalue weighted by molar-refractivity contribution is 0.0869. The first kappa shape index (κ1) is 18.1. The van der Waals surface area contributed by atoms with Gasteiger partial charge in [0.25, 0.3) is 5.91 Å². The molecular weight excluding hydrogens is 330 g/mol. The Hall–Kier alpha value is -1.72. The molecule has 1 aliphatic heterocycles. The maximum Gasteiger partial charge on any atom is 0.270 e. The number of piperidine rings is 1. The maximum atomic E-state index is 12.6. The average molecular weight is 358 g/mol. The molecule has 2 N–H and O–H groups in total. The van der Waals surface area contributed by atoms with E-state index in [-0.39, 0.29) is 23.0 Å². The average Bonchev–Trinajstić information content (AvgIpc) is 2.94. The van der Waals surface area contributed by atoms with E-state index in [1.807, 2.05) is 17.5 Å². The van der Waals surface area contributed by atoms with Gasteiger partial charge in [0.2, 0.25) is 0 Å². The lowest BCUT2D eigenvalue weighted by atomic mass is 9.79. The number of nitrogens with zero attached hydrogens (tertiary/aromatic N) is 1. The molecule has 1 amide bonds. The van der Waals surface area contributed by atoms with Crippen LogP contribution in [0.25, 0.3) is 10.6 Å². The SMILES string of the molecule is Cc1ccc(-c2nc(C(=O)NC3CC(C)(C)NC(C)(C)C3)cs2)cc1. The molecule has 0 aliphatic carbocycles. The van der Waals surface area contributed by atoms with E-state index >= 15 is 0 Å². The molecular formula is C20H27N3OS. The van der Waals surface area contributed by atoms with E-state index < -0.39 is 0 Å². The van der Waals surface area contributed by atoms with Crippen LogP contribution in [-0.2, 0) is 0 Å². The van der Waals surface area contributed by atoms with Gasteiger partial charge < -0.3 is 10.6 Å². The highest BCUT2D eigenvalue weighted by atomic mass is 32.1. The van der Waals surface area contributed by atoms with E-state index in [9.17, 15) is 4.79 Å². The van der Waals surface area contributed by atoms with Gasteiger partial charge in [0.1, 0.15) is 10.7 Å². The number of hydrogen-bond donors (Lipinski definition) is 2. The van der Waals surface area contributed by atoms with Gasteiger partial charge in [-0.3, -0.25) is 4.79 Å². The quantitative estimate of drug-likeness (QED) is 0.867. The molecule has 1 fully saturated rings. The molecule has 2 aromatic rings. The van der Waals surface area contributed by atoms with E-state index in [0.717, 1.165) is 23.4 Å². The summed E-state index contributed by atoms with van der Waals surface area (Å²) < 4.78 is 0. The van der Waals surface area contributed by atoms with Crippen molar-refractivity contribution in [1.29, 1.82) is 0 Å². The minimum absolute atomic E-state index is 0.00876. The molecule has 0 radical (unpaired) electrons. The molecule has 0 atom stereocenters. The Kier molecular flexibility index (Phi) is 4.73. The van der Waals surface area contributed by atoms with E-state index in [2.05, 4.69) is 62.4 Å². The Labute approximate surface area is 154 Å². The number of carbonyl (C=O) groups is 1. The maximum absolute atomic E-state index is 12.6. The van der Waals surface area contributed by atoms with Crippen molar-refractivity contribution in [3.63, 3.8) is 0 Å². The molecule has 0 saturated carbocycles. The predicted molar refractivity (Wildman–Crippen MR) is 104 cm³/mol. The molecule has 0 spiro atoms. The fourth-order valence-corrected chi connectivity index (χ4v) is 4.70. The minimum atomic E-state index is -0.0758. The monoisotopic (exact) mass is 357 g/mol. The van der Waals surface area contributed by atoms with E-state index in [1.54, 1.807) is 0 Å². The Bertz CT molecular complexity index is 746. The zero-order chi connectivity index (χ0) is 18.2. The Morgan fingerprint density at radius 2 is 1.76 bits per heavy atom. The molecule has 1 aliphatic rings. The summed E-state index contributed by atoms with van der Waals surface area (Å²) in [5.41, 5.74) is 2.80. The molecule has 1 saturated heterocycles. The minimum Gasteiger partial charge on any atom is -0.348 e. The van der Waals surface area contributed by atoms with Crippen LogP contribution in [-0.4, -0.2) is 28.0 Å². The highest BCUT2D eigenvalue weighted by molar-refractivity contribution is 7.13. The van der Waals surface area contributed by atoms with Crippen LogP contribution in [0.15, 0.2) is 29.6 Å². The zero-order valence-corrected chi connectivity index (χ0v) is 16.5. The van der Waals surface area contributed by atoms with Crippen LogP contribution < -0.4 is 10.6 Å². The molecule has 4 nitrogen and oxygen atoms in total. The summed E-state index contributed by atoms with van der Waals surface area (Å²) >= 11 is 1.51. The topological polar surface area (TPSA) is 54.0 Å². The van der Waals surface area contributed by atoms with Crippen molar-refractivity contribution in [3.8, 4) is 10.6 Å². The van der Waals surface area contributed by atoms with Gasteiger partial charge >= 0.3 is 0 Å². The van der Waals surface area contributed by atoms with Crippen LogP contribution in [0.3, 0.4) is 0 Å². The summed E-state index contributed by atoms with van der Waals surface area (Å²) in [5, 5.41) is 9.56. The van der Waals surface area contributed by atoms with Crippen LogP contribution in [0.1, 0.15) is 56.6 Å². The van der Waals surface area contributed by atoms with E-state index in [0.29, 0.717) is 5.69 Å². The molecule has 3 rings (SSSR count). The van der Waals surface area contributed by atoms with Crippen molar-refractivity contribution >= 4 is 17.2 Å². The number of nitrogens with one attached hydrogen (secondary N) is 2. The third kappa shape index (κ3) is 4.47. The van der Waals surface area contributed by atoms with E-state index in [1.165, 1.54) is 16.9 Å². The third-order valence-corrected chi connectivity index (χ3v) is 5.45. The second-order valence-corrected chi connectivity index (χ2v) is 9.23. The number of aryl methyl sites for hydroxylation is 1. The smallest absolute Gasteiger partial charge is 0.270 e. The van der Waals surface area contributed by atoms with Crippen molar-refractivity contribution in [3.05, 3.63) is 40.9 Å². The number of amides is 1. The summed E-state index contributed by atoms with van der Waals surface area (Å²) in [6, 6.07) is 8.38. The van der Waals surface area contributed by atoms with Crippen molar-refractivity contribution in [2.75, 3.05) is 0 Å². The van der Waals surface area contributed by atoms with Crippen molar-refractivity contribution < 1.29 is 4.79 Å². The predicted octanol–water partition coefficient (Wildman–Crippen LogP) is 4.16. The molecule has 0 bridgehead atoms. The van der Waals surface area contributed by atoms with Gasteiger partial charge in [-0.2, -0.15) is 0 Å². The third-order valence-electron chi connectivity index (χ3n) is 4.56. The summed E-state index contributed by atoms with van der Waals surface area (Å²) in [6.45, 7) is 10.8. The first-order valence-electron chi connectivity index (χ1n) is 8.76. The summed E-state index contributed by atoms with van der Waals surface area (Å²) in [4.78, 5) is 17.2. The normalized spacial score (nSPS) is 19.6. The number of benzene rings is 1. The first-order chi connectivity index (χ1) is 11.6. The molecule has 134 valence electrons. The highest BCUT2D eigenvalue weighted by Crippen LogP contribution is 2.29. The van der Waals surface area contributed by atoms with Crippen LogP contribution in [0.2, 0.25) is 0 Å². The lowest BCUT2D eigenvalue weighted by Gasteiger charge is -2.46. The second-order valence-electron chi connectivity index (χ2n) is 8.38. The van der Waals surface area contributed by atoms with Crippen molar-refractivity contribution in [2.45, 2.75) is 64.6 Å². The molecule has 25 heavy (non-hydrogen) atoms. The van der Waals surface area contributed by atoms with Gasteiger partial charge in [-0.25, -0.2) is 4.98 Å². The van der Waals surface area contributed by atoms with Gasteiger partial charge in [-0.05, 0) is 47.5 Å². The second kappa shape index (κ2) is 6.54. The number of aromatic nitrogens is 1. The molecule has 0 unspecified atom stereocenters. The Balaban J connectivity index is 1.71. The Morgan fingerprint density at radius 1 is 1.16 bits per heavy atom. The van der Waals surface area contributed by atoms with Crippen LogP contribution in [0, 0.1) is 6.92 Å². The van der Waals surface area contributed by atoms with Crippen LogP contribution in [0.5, 0.6) is 0 Å². The number of rotatable bonds is 3. The zero-order valence-electron chi connectivity index (χ0n) is 15.6. The van der Waals surface area contributed by atoms with Crippen LogP contribution in [0.4, 0.5) is 0 Å². The highest BCUT2D eigenvalue weighted by Gasteiger charge is 2.38. The number of thiazole rings is 1. The van der Waals surface area contributed by atoms with Gasteiger partial charge in [-0.1, -0.05) is 29.8 Å². The number of hydrogen-bond acceptors (Lipinski definition) is 4. The molecule has 1 aromatic carbocycles. The lowest BCUT2D eigenvalue weighted by Crippen LogP contribution is -2.62. The van der Waals surface area contributed by atoms with Gasteiger partial charge in [0.15, 0.2) is 0 Å². The van der Waals surface area contributed by atoms with Crippen molar-refractivity contribution in [2.24, 2.45) is 0 Å². The Morgan fingerprint density at radius 3 is 2.36 bits per heavy atom. The van der Waals surface area contributed by atoms with Crippen LogP contribution >= 0.6 is 11.3 Å². The van der Waals surface area contributed by atoms with Gasteiger partial charge in [0.05, 0.1) is 0 Å². The fourth-order valence-electron chi connectivity index (χ4n) is 3.89. The van der Waals surface area contributed by atoms with Crippen molar-refractivity contribution in [1.82, 2.24) is 15.6 Å². The standard InChI is InChI=1S/C20H27N3OS/c1-13-6-8-14(9-7-13)18-22-16(12-25-18)17(24)21-15-10-19(2,3)23-20(4,5)11-15/h6-9,12,15,23H,10-11H2,1-5H3,(H,21,24). The van der Waals surface area contributed by atoms with Gasteiger partial charge in [-0.15, -0.1) is 11.3 Å². The largest absolute Gasteiger partial charge is 0.348 e. The molecule has 1 aromatic heterocycles.